The van der Waals surface area contributed by atoms with Crippen molar-refractivity contribution in [2.75, 3.05) is 20.3 Å². The molecule has 0 radical (unpaired) electrons. The number of aryl methyl sites for hydroxylation is 2. The Labute approximate surface area is 165 Å². The molecule has 146 valence electrons. The Kier molecular flexibility index (Phi) is 6.04. The van der Waals surface area contributed by atoms with Crippen molar-refractivity contribution in [3.8, 4) is 17.0 Å². The van der Waals surface area contributed by atoms with Gasteiger partial charge in [0, 0.05) is 25.4 Å². The third kappa shape index (κ3) is 4.43. The summed E-state index contributed by atoms with van der Waals surface area (Å²) in [7, 11) is 1.69. The molecule has 0 aliphatic carbocycles. The van der Waals surface area contributed by atoms with Gasteiger partial charge in [-0.05, 0) is 36.6 Å². The lowest BCUT2D eigenvalue weighted by molar-refractivity contribution is 0.0328. The van der Waals surface area contributed by atoms with E-state index in [9.17, 15) is 0 Å². The molecule has 2 aromatic carbocycles. The summed E-state index contributed by atoms with van der Waals surface area (Å²) in [5.74, 6) is 0.814. The number of para-hydroxylation sites is 1. The zero-order valence-corrected chi connectivity index (χ0v) is 16.2. The van der Waals surface area contributed by atoms with E-state index in [0.717, 1.165) is 36.4 Å². The maximum atomic E-state index is 6.21. The minimum Gasteiger partial charge on any atom is -0.484 e. The molecule has 5 heteroatoms. The second-order valence-corrected chi connectivity index (χ2v) is 7.02. The molecule has 0 bridgehead atoms. The van der Waals surface area contributed by atoms with Gasteiger partial charge in [-0.1, -0.05) is 42.5 Å². The van der Waals surface area contributed by atoms with E-state index < -0.39 is 0 Å². The third-order valence-corrected chi connectivity index (χ3v) is 5.06. The molecule has 1 aromatic heterocycles. The second-order valence-electron chi connectivity index (χ2n) is 7.02. The predicted molar refractivity (Wildman–Crippen MR) is 108 cm³/mol. The molecule has 3 aromatic rings. The number of hydrogen-bond donors (Lipinski definition) is 0. The molecule has 0 N–H and O–H groups in total. The first-order valence-electron chi connectivity index (χ1n) is 9.77. The maximum Gasteiger partial charge on any atom is 0.150 e. The zero-order valence-electron chi connectivity index (χ0n) is 16.2. The highest BCUT2D eigenvalue weighted by Crippen LogP contribution is 2.30. The fraction of sp³-hybridized carbons (Fsp3) is 0.348. The van der Waals surface area contributed by atoms with Gasteiger partial charge < -0.3 is 14.2 Å². The van der Waals surface area contributed by atoms with Crippen LogP contribution in [0.1, 0.15) is 12.0 Å². The van der Waals surface area contributed by atoms with E-state index in [2.05, 4.69) is 30.3 Å². The molecule has 1 aliphatic heterocycles. The lowest BCUT2D eigenvalue weighted by Gasteiger charge is -2.19. The van der Waals surface area contributed by atoms with Crippen LogP contribution in [0.2, 0.25) is 0 Å². The summed E-state index contributed by atoms with van der Waals surface area (Å²) in [6.45, 7) is 2.00. The number of benzene rings is 2. The van der Waals surface area contributed by atoms with E-state index >= 15 is 0 Å². The standard InChI is InChI=1S/C23H26N2O3/c1-26-22-16-27-17-23(22)28-21-12-6-5-11-19(21)20-13-15-25(24-20)14-7-10-18-8-3-2-4-9-18/h2-6,8-9,11-13,15,22-23H,7,10,14,16-17H2,1H3/t22?,23-/m1/s1. The molecule has 1 saturated heterocycles. The minimum absolute atomic E-state index is 0.0383. The Morgan fingerprint density at radius 1 is 1.00 bits per heavy atom. The molecule has 4 rings (SSSR count). The van der Waals surface area contributed by atoms with Crippen molar-refractivity contribution in [3.63, 3.8) is 0 Å². The van der Waals surface area contributed by atoms with Gasteiger partial charge in [0.05, 0.1) is 18.9 Å². The summed E-state index contributed by atoms with van der Waals surface area (Å²) < 4.78 is 19.2. The topological polar surface area (TPSA) is 45.5 Å². The van der Waals surface area contributed by atoms with Crippen LogP contribution in [0.4, 0.5) is 0 Å². The molecular formula is C23H26N2O3. The monoisotopic (exact) mass is 378 g/mol. The maximum absolute atomic E-state index is 6.21. The number of ether oxygens (including phenoxy) is 3. The summed E-state index contributed by atoms with van der Waals surface area (Å²) in [6.07, 6.45) is 4.00. The second kappa shape index (κ2) is 9.04. The Bertz CT molecular complexity index is 878. The molecule has 0 amide bonds. The highest BCUT2D eigenvalue weighted by Gasteiger charge is 2.30. The SMILES string of the molecule is COC1COC[C@H]1Oc1ccccc1-c1ccn(CCCc2ccccc2)n1. The first kappa shape index (κ1) is 18.7. The zero-order chi connectivity index (χ0) is 19.2. The first-order valence-corrected chi connectivity index (χ1v) is 9.77. The summed E-state index contributed by atoms with van der Waals surface area (Å²) >= 11 is 0. The molecular weight excluding hydrogens is 352 g/mol. The van der Waals surface area contributed by atoms with Crippen LogP contribution in [-0.4, -0.2) is 42.3 Å². The number of methoxy groups -OCH3 is 1. The van der Waals surface area contributed by atoms with Crippen molar-refractivity contribution in [2.45, 2.75) is 31.6 Å². The Balaban J connectivity index is 1.42. The van der Waals surface area contributed by atoms with Crippen LogP contribution in [-0.2, 0) is 22.4 Å². The number of nitrogens with zero attached hydrogens (tertiary/aromatic N) is 2. The lowest BCUT2D eigenvalue weighted by atomic mass is 10.1. The fourth-order valence-corrected chi connectivity index (χ4v) is 3.51. The summed E-state index contributed by atoms with van der Waals surface area (Å²) in [6, 6.07) is 20.6. The molecule has 0 spiro atoms. The van der Waals surface area contributed by atoms with Crippen LogP contribution in [0.25, 0.3) is 11.3 Å². The van der Waals surface area contributed by atoms with Crippen molar-refractivity contribution in [2.24, 2.45) is 0 Å². The normalized spacial score (nSPS) is 19.0. The van der Waals surface area contributed by atoms with Gasteiger partial charge in [0.2, 0.25) is 0 Å². The Hall–Kier alpha value is -2.63. The minimum atomic E-state index is -0.0980. The van der Waals surface area contributed by atoms with Crippen molar-refractivity contribution in [1.29, 1.82) is 0 Å². The fourth-order valence-electron chi connectivity index (χ4n) is 3.51. The number of rotatable bonds is 8. The Morgan fingerprint density at radius 3 is 2.64 bits per heavy atom. The van der Waals surface area contributed by atoms with E-state index in [4.69, 9.17) is 19.3 Å². The van der Waals surface area contributed by atoms with E-state index in [0.29, 0.717) is 13.2 Å². The van der Waals surface area contributed by atoms with Crippen molar-refractivity contribution in [1.82, 2.24) is 9.78 Å². The van der Waals surface area contributed by atoms with E-state index in [1.54, 1.807) is 7.11 Å². The van der Waals surface area contributed by atoms with E-state index in [-0.39, 0.29) is 12.2 Å². The van der Waals surface area contributed by atoms with E-state index in [1.807, 2.05) is 41.2 Å². The molecule has 5 nitrogen and oxygen atoms in total. The van der Waals surface area contributed by atoms with Crippen LogP contribution in [0, 0.1) is 0 Å². The third-order valence-electron chi connectivity index (χ3n) is 5.06. The molecule has 0 saturated carbocycles. The molecule has 28 heavy (non-hydrogen) atoms. The van der Waals surface area contributed by atoms with Crippen molar-refractivity contribution < 1.29 is 14.2 Å². The van der Waals surface area contributed by atoms with Crippen LogP contribution in [0.5, 0.6) is 5.75 Å². The first-order chi connectivity index (χ1) is 13.8. The van der Waals surface area contributed by atoms with Crippen LogP contribution in [0.15, 0.2) is 66.9 Å². The summed E-state index contributed by atoms with van der Waals surface area (Å²) in [4.78, 5) is 0. The van der Waals surface area contributed by atoms with Crippen LogP contribution in [0.3, 0.4) is 0 Å². The highest BCUT2D eigenvalue weighted by atomic mass is 16.6. The van der Waals surface area contributed by atoms with Gasteiger partial charge in [-0.3, -0.25) is 4.68 Å². The van der Waals surface area contributed by atoms with Gasteiger partial charge >= 0.3 is 0 Å². The van der Waals surface area contributed by atoms with E-state index in [1.165, 1.54) is 5.56 Å². The quantitative estimate of drug-likeness (QED) is 0.595. The van der Waals surface area contributed by atoms with Crippen molar-refractivity contribution in [3.05, 3.63) is 72.4 Å². The molecule has 1 fully saturated rings. The highest BCUT2D eigenvalue weighted by molar-refractivity contribution is 5.66. The van der Waals surface area contributed by atoms with Gasteiger partial charge in [0.25, 0.3) is 0 Å². The van der Waals surface area contributed by atoms with Crippen LogP contribution < -0.4 is 4.74 Å². The van der Waals surface area contributed by atoms with Gasteiger partial charge in [-0.15, -0.1) is 0 Å². The summed E-state index contributed by atoms with van der Waals surface area (Å²) in [5, 5.41) is 4.76. The van der Waals surface area contributed by atoms with Crippen LogP contribution >= 0.6 is 0 Å². The molecule has 1 aliphatic rings. The molecule has 2 heterocycles. The molecule has 2 atom stereocenters. The summed E-state index contributed by atoms with van der Waals surface area (Å²) in [5.41, 5.74) is 3.27. The smallest absolute Gasteiger partial charge is 0.150 e. The van der Waals surface area contributed by atoms with Gasteiger partial charge in [0.15, 0.2) is 6.10 Å². The van der Waals surface area contributed by atoms with Gasteiger partial charge in [-0.2, -0.15) is 5.10 Å². The molecule has 1 unspecified atom stereocenters. The average molecular weight is 378 g/mol. The Morgan fingerprint density at radius 2 is 1.79 bits per heavy atom. The number of aromatic nitrogens is 2. The largest absolute Gasteiger partial charge is 0.484 e. The van der Waals surface area contributed by atoms with Crippen molar-refractivity contribution >= 4 is 0 Å². The lowest BCUT2D eigenvalue weighted by Crippen LogP contribution is -2.31. The van der Waals surface area contributed by atoms with Gasteiger partial charge in [-0.25, -0.2) is 0 Å². The predicted octanol–water partition coefficient (Wildman–Crippen LogP) is 3.98. The van der Waals surface area contributed by atoms with Gasteiger partial charge in [0.1, 0.15) is 11.9 Å². The number of hydrogen-bond acceptors (Lipinski definition) is 4. The average Bonchev–Trinajstić information content (AvgIpc) is 3.39.